The normalized spacial score (nSPS) is 11.3. The zero-order chi connectivity index (χ0) is 20.2. The quantitative estimate of drug-likeness (QED) is 0.344. The maximum atomic E-state index is 12.4. The van der Waals surface area contributed by atoms with Crippen molar-refractivity contribution in [2.75, 3.05) is 11.1 Å². The Balaban J connectivity index is 1.49. The molecule has 2 N–H and O–H groups in total. The molecule has 0 unspecified atom stereocenters. The predicted molar refractivity (Wildman–Crippen MR) is 117 cm³/mol. The Kier molecular flexibility index (Phi) is 5.92. The van der Waals surface area contributed by atoms with E-state index in [2.05, 4.69) is 63.2 Å². The smallest absolute Gasteiger partial charge is 0.300 e. The van der Waals surface area contributed by atoms with Gasteiger partial charge in [0.15, 0.2) is 11.0 Å². The number of para-hydroxylation sites is 2. The van der Waals surface area contributed by atoms with Gasteiger partial charge in [0, 0.05) is 5.92 Å². The van der Waals surface area contributed by atoms with E-state index in [-0.39, 0.29) is 11.7 Å². The zero-order valence-electron chi connectivity index (χ0n) is 16.3. The Morgan fingerprint density at radius 2 is 1.90 bits per heavy atom. The van der Waals surface area contributed by atoms with Crippen molar-refractivity contribution in [3.05, 3.63) is 65.2 Å². The van der Waals surface area contributed by atoms with Crippen LogP contribution in [-0.4, -0.2) is 26.8 Å². The molecule has 0 aliphatic rings. The van der Waals surface area contributed by atoms with Crippen LogP contribution < -0.4 is 9.88 Å². The fourth-order valence-electron chi connectivity index (χ4n) is 2.95. The van der Waals surface area contributed by atoms with Crippen LogP contribution in [0.15, 0.2) is 59.8 Å². The van der Waals surface area contributed by atoms with E-state index in [1.54, 1.807) is 0 Å². The van der Waals surface area contributed by atoms with Gasteiger partial charge in [0.05, 0.1) is 5.75 Å². The van der Waals surface area contributed by atoms with E-state index in [1.165, 1.54) is 28.7 Å². The number of carbonyl (C=O) groups is 1. The number of nitrogens with one attached hydrogen (secondary N) is 2. The van der Waals surface area contributed by atoms with E-state index >= 15 is 0 Å². The number of nitrogens with zero attached hydrogens (tertiary/aromatic N) is 3. The van der Waals surface area contributed by atoms with Gasteiger partial charge >= 0.3 is 5.16 Å². The summed E-state index contributed by atoms with van der Waals surface area (Å²) >= 11 is 2.91. The van der Waals surface area contributed by atoms with Crippen LogP contribution in [0, 0.1) is 0 Å². The van der Waals surface area contributed by atoms with Gasteiger partial charge in [-0.1, -0.05) is 67.6 Å². The number of rotatable bonds is 7. The van der Waals surface area contributed by atoms with Crippen LogP contribution in [0.4, 0.5) is 5.13 Å². The third kappa shape index (κ3) is 4.65. The second kappa shape index (κ2) is 8.75. The second-order valence-electron chi connectivity index (χ2n) is 6.96. The van der Waals surface area contributed by atoms with Crippen LogP contribution in [0.3, 0.4) is 0 Å². The van der Waals surface area contributed by atoms with Gasteiger partial charge in [-0.25, -0.2) is 9.55 Å². The summed E-state index contributed by atoms with van der Waals surface area (Å²) in [5, 5.41) is 13.4. The van der Waals surface area contributed by atoms with Crippen molar-refractivity contribution in [1.29, 1.82) is 0 Å². The summed E-state index contributed by atoms with van der Waals surface area (Å²) in [6.07, 6.45) is 0. The summed E-state index contributed by atoms with van der Waals surface area (Å²) in [4.78, 5) is 15.9. The van der Waals surface area contributed by atoms with Gasteiger partial charge < -0.3 is 0 Å². The minimum Gasteiger partial charge on any atom is -0.300 e. The molecule has 0 spiro atoms. The molecule has 29 heavy (non-hydrogen) atoms. The minimum atomic E-state index is -0.0913. The van der Waals surface area contributed by atoms with Crippen molar-refractivity contribution in [2.45, 2.75) is 31.5 Å². The van der Waals surface area contributed by atoms with Crippen LogP contribution in [0.5, 0.6) is 0 Å². The molecule has 148 valence electrons. The zero-order valence-corrected chi connectivity index (χ0v) is 17.9. The first-order chi connectivity index (χ1) is 14.1. The molecular formula is C21H22N5OS2+. The lowest BCUT2D eigenvalue weighted by atomic mass is 10.2. The van der Waals surface area contributed by atoms with Crippen molar-refractivity contribution < 1.29 is 9.36 Å². The first-order valence-corrected chi connectivity index (χ1v) is 11.2. The number of hydrogen-bond acceptors (Lipinski definition) is 5. The maximum Gasteiger partial charge on any atom is 0.317 e. The van der Waals surface area contributed by atoms with Gasteiger partial charge in [-0.15, -0.1) is 10.2 Å². The molecular weight excluding hydrogens is 402 g/mol. The minimum absolute atomic E-state index is 0.0913. The fraction of sp³-hybridized carbons (Fsp3) is 0.238. The molecule has 0 radical (unpaired) electrons. The average molecular weight is 425 g/mol. The highest BCUT2D eigenvalue weighted by Gasteiger charge is 2.20. The molecule has 8 heteroatoms. The second-order valence-corrected chi connectivity index (χ2v) is 8.93. The Morgan fingerprint density at radius 1 is 1.14 bits per heavy atom. The summed E-state index contributed by atoms with van der Waals surface area (Å²) < 4.78 is 2.21. The number of fused-ring (bicyclic) bond motifs is 1. The summed E-state index contributed by atoms with van der Waals surface area (Å²) in [5.74, 6) is 0.500. The van der Waals surface area contributed by atoms with Crippen LogP contribution >= 0.6 is 23.1 Å². The number of imidazole rings is 1. The summed E-state index contributed by atoms with van der Waals surface area (Å²) in [7, 11) is 0. The van der Waals surface area contributed by atoms with E-state index < -0.39 is 0 Å². The van der Waals surface area contributed by atoms with E-state index in [0.717, 1.165) is 27.7 Å². The number of hydrogen-bond donors (Lipinski definition) is 2. The molecule has 6 nitrogen and oxygen atoms in total. The lowest BCUT2D eigenvalue weighted by molar-refractivity contribution is -0.700. The molecule has 2 heterocycles. The maximum absolute atomic E-state index is 12.4. The summed E-state index contributed by atoms with van der Waals surface area (Å²) in [5.41, 5.74) is 3.38. The Morgan fingerprint density at radius 3 is 2.66 bits per heavy atom. The van der Waals surface area contributed by atoms with E-state index in [4.69, 9.17) is 0 Å². The molecule has 1 amide bonds. The van der Waals surface area contributed by atoms with E-state index in [0.29, 0.717) is 11.0 Å². The highest BCUT2D eigenvalue weighted by Crippen LogP contribution is 2.23. The van der Waals surface area contributed by atoms with Gasteiger partial charge in [-0.2, -0.15) is 0 Å². The molecule has 0 aliphatic carbocycles. The molecule has 0 saturated heterocycles. The van der Waals surface area contributed by atoms with Gasteiger partial charge in [-0.05, 0) is 29.5 Å². The molecule has 0 atom stereocenters. The van der Waals surface area contributed by atoms with Gasteiger partial charge in [-0.3, -0.25) is 10.1 Å². The number of aromatic nitrogens is 4. The molecule has 0 fully saturated rings. The lowest BCUT2D eigenvalue weighted by Crippen LogP contribution is -2.35. The van der Waals surface area contributed by atoms with Crippen LogP contribution in [0.1, 0.15) is 30.3 Å². The Labute approximate surface area is 177 Å². The van der Waals surface area contributed by atoms with Gasteiger partial charge in [0.2, 0.25) is 11.0 Å². The monoisotopic (exact) mass is 424 g/mol. The number of benzene rings is 2. The van der Waals surface area contributed by atoms with Crippen LogP contribution in [0.2, 0.25) is 0 Å². The SMILES string of the molecule is CC(C)c1nnc(NC(=O)CSc2[nH]c3ccccc3[n+]2Cc2ccccc2)s1. The highest BCUT2D eigenvalue weighted by molar-refractivity contribution is 7.99. The standard InChI is InChI=1S/C21H21N5OS2/c1-14(2)19-24-25-20(29-19)23-18(27)13-28-21-22-16-10-6-7-11-17(16)26(21)12-15-8-4-3-5-9-15/h3-11,14H,12-13H2,1-2H3,(H,23,25,27)/p+1. The number of carbonyl (C=O) groups excluding carboxylic acids is 1. The number of aromatic amines is 1. The Hall–Kier alpha value is -2.71. The largest absolute Gasteiger partial charge is 0.317 e. The Bertz CT molecular complexity index is 1120. The summed E-state index contributed by atoms with van der Waals surface area (Å²) in [6.45, 7) is 4.86. The predicted octanol–water partition coefficient (Wildman–Crippen LogP) is 4.21. The molecule has 4 aromatic rings. The first-order valence-electron chi connectivity index (χ1n) is 9.40. The fourth-order valence-corrected chi connectivity index (χ4v) is 4.55. The first kappa shape index (κ1) is 19.6. The highest BCUT2D eigenvalue weighted by atomic mass is 32.2. The average Bonchev–Trinajstić information content (AvgIpc) is 3.32. The molecule has 0 bridgehead atoms. The van der Waals surface area contributed by atoms with Gasteiger partial charge in [0.25, 0.3) is 0 Å². The number of anilines is 1. The topological polar surface area (TPSA) is 74.5 Å². The number of H-pyrrole nitrogens is 1. The van der Waals surface area contributed by atoms with Gasteiger partial charge in [0.1, 0.15) is 11.6 Å². The van der Waals surface area contributed by atoms with Crippen molar-refractivity contribution in [1.82, 2.24) is 15.2 Å². The molecule has 2 aromatic heterocycles. The van der Waals surface area contributed by atoms with Crippen LogP contribution in [-0.2, 0) is 11.3 Å². The van der Waals surface area contributed by atoms with E-state index in [1.807, 2.05) is 30.3 Å². The lowest BCUT2D eigenvalue weighted by Gasteiger charge is -2.03. The number of thioether (sulfide) groups is 1. The molecule has 0 saturated carbocycles. The summed E-state index contributed by atoms with van der Waals surface area (Å²) in [6, 6.07) is 18.5. The third-order valence-corrected chi connectivity index (χ3v) is 6.53. The molecule has 4 rings (SSSR count). The van der Waals surface area contributed by atoms with Crippen molar-refractivity contribution >= 4 is 45.2 Å². The third-order valence-electron chi connectivity index (χ3n) is 4.39. The van der Waals surface area contributed by atoms with E-state index in [9.17, 15) is 4.79 Å². The van der Waals surface area contributed by atoms with Crippen molar-refractivity contribution in [2.24, 2.45) is 0 Å². The van der Waals surface area contributed by atoms with Crippen molar-refractivity contribution in [3.8, 4) is 0 Å². The molecule has 0 aliphatic heterocycles. The van der Waals surface area contributed by atoms with Crippen LogP contribution in [0.25, 0.3) is 11.0 Å². The molecule has 2 aromatic carbocycles. The van der Waals surface area contributed by atoms with Crippen molar-refractivity contribution in [3.63, 3.8) is 0 Å². The number of amides is 1.